The summed E-state index contributed by atoms with van der Waals surface area (Å²) in [5.41, 5.74) is 0. The van der Waals surface area contributed by atoms with E-state index in [1.54, 1.807) is 6.08 Å². The zero-order valence-corrected chi connectivity index (χ0v) is 32.2. The molecule has 6 aliphatic rings. The molecule has 18 heteroatoms. The van der Waals surface area contributed by atoms with Crippen LogP contribution in [0.1, 0.15) is 64.7 Å². The summed E-state index contributed by atoms with van der Waals surface area (Å²) in [5.74, 6) is -1.22. The number of allylic oxidation sites excluding steroid dienone is 1. The van der Waals surface area contributed by atoms with Gasteiger partial charge in [0.05, 0.1) is 49.1 Å². The number of carbonyl (C=O) groups excluding carboxylic acids is 1. The van der Waals surface area contributed by atoms with E-state index in [1.807, 2.05) is 0 Å². The maximum atomic E-state index is 12.6. The molecule has 18 atom stereocenters. The second kappa shape index (κ2) is 19.3. The number of hydrogen-bond donors (Lipinski definition) is 9. The Kier molecular flexibility index (Phi) is 15.2. The van der Waals surface area contributed by atoms with Gasteiger partial charge in [0.1, 0.15) is 48.8 Å². The van der Waals surface area contributed by atoms with Crippen molar-refractivity contribution in [3.8, 4) is 0 Å². The Morgan fingerprint density at radius 2 is 1.38 bits per heavy atom. The molecule has 6 fully saturated rings. The smallest absolute Gasteiger partial charge is 0.330 e. The van der Waals surface area contributed by atoms with Gasteiger partial charge in [-0.2, -0.15) is 0 Å². The molecule has 8 unspecified atom stereocenters. The summed E-state index contributed by atoms with van der Waals surface area (Å²) in [7, 11) is 2.99. The number of fused-ring (bicyclic) bond motifs is 1. The van der Waals surface area contributed by atoms with E-state index < -0.39 is 117 Å². The summed E-state index contributed by atoms with van der Waals surface area (Å²) in [6, 6.07) is 0. The van der Waals surface area contributed by atoms with Gasteiger partial charge in [-0.05, 0) is 57.8 Å². The van der Waals surface area contributed by atoms with Gasteiger partial charge in [-0.15, -0.1) is 0 Å². The fourth-order valence-corrected chi connectivity index (χ4v) is 9.51. The highest BCUT2D eigenvalue weighted by Gasteiger charge is 2.56. The van der Waals surface area contributed by atoms with Crippen molar-refractivity contribution >= 4 is 5.97 Å². The monoisotopic (exact) mass is 807 g/mol. The van der Waals surface area contributed by atoms with E-state index in [-0.39, 0.29) is 42.8 Å². The van der Waals surface area contributed by atoms with Crippen LogP contribution in [-0.2, 0) is 38.0 Å². The molecule has 3 heterocycles. The molecule has 322 valence electrons. The van der Waals surface area contributed by atoms with Crippen LogP contribution in [0.5, 0.6) is 0 Å². The van der Waals surface area contributed by atoms with Crippen LogP contribution in [-0.4, -0.2) is 194 Å². The molecule has 3 saturated heterocycles. The molecule has 56 heavy (non-hydrogen) atoms. The van der Waals surface area contributed by atoms with Crippen molar-refractivity contribution in [2.45, 2.75) is 181 Å². The predicted octanol–water partition coefficient (Wildman–Crippen LogP) is -2.72. The van der Waals surface area contributed by atoms with E-state index in [2.05, 4.69) is 0 Å². The molecular formula is C38H63O18+. The topological polar surface area (TPSA) is 277 Å². The highest BCUT2D eigenvalue weighted by Crippen LogP contribution is 2.43. The Labute approximate surface area is 326 Å². The summed E-state index contributed by atoms with van der Waals surface area (Å²) in [6.07, 6.45) is -13.2. The van der Waals surface area contributed by atoms with Crippen molar-refractivity contribution in [3.63, 3.8) is 0 Å². The highest BCUT2D eigenvalue weighted by atomic mass is 16.7. The molecule has 0 aromatic carbocycles. The van der Waals surface area contributed by atoms with E-state index in [0.717, 1.165) is 12.8 Å². The highest BCUT2D eigenvalue weighted by molar-refractivity contribution is 5.82. The lowest BCUT2D eigenvalue weighted by Gasteiger charge is -2.49. The van der Waals surface area contributed by atoms with Crippen LogP contribution in [0.4, 0.5) is 0 Å². The van der Waals surface area contributed by atoms with Crippen molar-refractivity contribution in [2.24, 2.45) is 17.8 Å². The molecular weight excluding hydrogens is 744 g/mol. The molecule has 0 spiro atoms. The van der Waals surface area contributed by atoms with E-state index in [0.29, 0.717) is 32.1 Å². The zero-order valence-electron chi connectivity index (χ0n) is 32.2. The molecule has 0 aromatic rings. The first-order chi connectivity index (χ1) is 26.7. The normalized spacial score (nSPS) is 50.4. The third-order valence-electron chi connectivity index (χ3n) is 12.9. The number of esters is 1. The molecule has 3 aliphatic heterocycles. The van der Waals surface area contributed by atoms with Gasteiger partial charge < -0.3 is 83.9 Å². The maximum Gasteiger partial charge on any atom is 0.330 e. The minimum absolute atomic E-state index is 0.117. The van der Waals surface area contributed by atoms with E-state index >= 15 is 0 Å². The van der Waals surface area contributed by atoms with Gasteiger partial charge in [0.15, 0.2) is 30.9 Å². The average molecular weight is 808 g/mol. The molecule has 0 amide bonds. The molecule has 3 saturated carbocycles. The fourth-order valence-electron chi connectivity index (χ4n) is 9.51. The third-order valence-corrected chi connectivity index (χ3v) is 12.9. The quantitative estimate of drug-likeness (QED) is 0.0583. The first kappa shape index (κ1) is 44.1. The number of aliphatic hydroxyl groups excluding tert-OH is 9. The van der Waals surface area contributed by atoms with Crippen LogP contribution in [0.15, 0.2) is 12.2 Å². The summed E-state index contributed by atoms with van der Waals surface area (Å²) in [6.45, 7) is 1.04. The van der Waals surface area contributed by atoms with Gasteiger partial charge in [0.25, 0.3) is 0 Å². The van der Waals surface area contributed by atoms with Crippen molar-refractivity contribution in [1.82, 2.24) is 0 Å². The van der Waals surface area contributed by atoms with Gasteiger partial charge in [0, 0.05) is 39.1 Å². The Morgan fingerprint density at radius 1 is 0.714 bits per heavy atom. The molecule has 0 bridgehead atoms. The van der Waals surface area contributed by atoms with Gasteiger partial charge in [-0.1, -0.05) is 6.08 Å². The number of methoxy groups -OCH3 is 2. The molecule has 3 aliphatic carbocycles. The van der Waals surface area contributed by atoms with Crippen molar-refractivity contribution in [2.75, 3.05) is 20.8 Å². The van der Waals surface area contributed by atoms with Crippen molar-refractivity contribution in [3.05, 3.63) is 12.2 Å². The summed E-state index contributed by atoms with van der Waals surface area (Å²) in [4.78, 5) is 12.6. The Morgan fingerprint density at radius 3 is 2.04 bits per heavy atom. The maximum absolute atomic E-state index is 12.6. The van der Waals surface area contributed by atoms with Crippen LogP contribution in [0.3, 0.4) is 0 Å². The molecule has 0 aromatic heterocycles. The van der Waals surface area contributed by atoms with Crippen LogP contribution in [0, 0.1) is 17.8 Å². The minimum atomic E-state index is -1.75. The lowest BCUT2D eigenvalue weighted by molar-refractivity contribution is -0.363. The van der Waals surface area contributed by atoms with E-state index in [1.165, 1.54) is 27.2 Å². The van der Waals surface area contributed by atoms with Crippen LogP contribution >= 0.6 is 0 Å². The number of hydrogen-bond acceptors (Lipinski definition) is 17. The summed E-state index contributed by atoms with van der Waals surface area (Å²) < 4.78 is 45.6. The molecule has 6 rings (SSSR count). The molecule has 10 N–H and O–H groups in total. The predicted molar refractivity (Wildman–Crippen MR) is 190 cm³/mol. The van der Waals surface area contributed by atoms with Gasteiger partial charge in [-0.3, -0.25) is 0 Å². The standard InChI is InChI=1S/C38H62O18/c1-16-35(56-28(42)9-6-17-4-7-19(39)8-5-17)32(46)34(48)37(52-16)51-15-27-30(44)31(45)33(47)38(55-27)54-26-14-21-22(41)12-20(40)13-23(21)53-36(26)18-10-24(49-2)29(43)25(11-18)50-3/h6,9,16-27,29-41,43-48H,4-5,7-8,10-15H2,1-3H3/p+1/t16-,17?,18?,19?,20?,21?,22?,23?,24?,25?,26?,27+,29?,30+,31-,32-,33+,34+,35-,36?,37+,38+/m0/s1. The average Bonchev–Trinajstić information content (AvgIpc) is 3.17. The van der Waals surface area contributed by atoms with E-state index in [4.69, 9.17) is 37.9 Å². The molecule has 0 radical (unpaired) electrons. The molecule has 18 nitrogen and oxygen atoms in total. The first-order valence-electron chi connectivity index (χ1n) is 20.0. The number of rotatable bonds is 11. The van der Waals surface area contributed by atoms with Crippen LogP contribution in [0.2, 0.25) is 0 Å². The number of carbonyl (C=O) groups is 1. The van der Waals surface area contributed by atoms with Crippen molar-refractivity contribution in [1.29, 1.82) is 0 Å². The van der Waals surface area contributed by atoms with Crippen LogP contribution in [0.25, 0.3) is 0 Å². The second-order valence-corrected chi connectivity index (χ2v) is 16.6. The Hall–Kier alpha value is -1.43. The summed E-state index contributed by atoms with van der Waals surface area (Å²) in [5, 5.41) is 96.6. The lowest BCUT2D eigenvalue weighted by atomic mass is 9.72. The zero-order chi connectivity index (χ0) is 40.4. The number of aliphatic hydroxyl groups is 11. The van der Waals surface area contributed by atoms with Gasteiger partial charge >= 0.3 is 5.97 Å². The van der Waals surface area contributed by atoms with E-state index in [9.17, 15) is 50.8 Å². The van der Waals surface area contributed by atoms with Gasteiger partial charge in [-0.25, -0.2) is 4.79 Å². The Balaban J connectivity index is 1.09. The second-order valence-electron chi connectivity index (χ2n) is 16.6. The summed E-state index contributed by atoms with van der Waals surface area (Å²) >= 11 is 0. The lowest BCUT2D eigenvalue weighted by Crippen LogP contribution is -2.64. The Bertz CT molecular complexity index is 1270. The SMILES string of the molecule is COC1CC(C2[OH+]C3CC(O)CC(O)C3CC2O[C@@H]2O[C@H](CO[C@@H]3O[C@@H](C)[C@H](OC(=O)C=CC4CCC(O)CC4)[C@@H](O)[C@H]3O)[C@@H](O)[C@H](O)[C@H]2O)CC(OC)C1O. The van der Waals surface area contributed by atoms with Crippen LogP contribution < -0.4 is 0 Å². The van der Waals surface area contributed by atoms with Crippen molar-refractivity contribution < 1.29 is 88.6 Å². The van der Waals surface area contributed by atoms with Gasteiger partial charge in [0.2, 0.25) is 0 Å². The third kappa shape index (κ3) is 9.94. The first-order valence-corrected chi connectivity index (χ1v) is 20.0. The fraction of sp³-hybridized carbons (Fsp3) is 0.921. The minimum Gasteiger partial charge on any atom is -0.454 e. The number of ether oxygens (including phenoxy) is 8. The largest absolute Gasteiger partial charge is 0.454 e.